The van der Waals surface area contributed by atoms with Crippen LogP contribution in [0.3, 0.4) is 0 Å². The van der Waals surface area contributed by atoms with E-state index in [-0.39, 0.29) is 24.5 Å². The van der Waals surface area contributed by atoms with Gasteiger partial charge in [-0.05, 0) is 63.2 Å². The first-order valence-electron chi connectivity index (χ1n) is 14.8. The minimum Gasteiger partial charge on any atom is -0.446 e. The summed E-state index contributed by atoms with van der Waals surface area (Å²) in [7, 11) is 0. The van der Waals surface area contributed by atoms with Crippen LogP contribution >= 0.6 is 0 Å². The second-order valence-corrected chi connectivity index (χ2v) is 11.3. The van der Waals surface area contributed by atoms with E-state index in [1.807, 2.05) is 6.92 Å². The summed E-state index contributed by atoms with van der Waals surface area (Å²) in [5.41, 5.74) is 0. The van der Waals surface area contributed by atoms with Crippen molar-refractivity contribution in [3.05, 3.63) is 12.7 Å². The first kappa shape index (κ1) is 30.6. The molecule has 0 aromatic rings. The highest BCUT2D eigenvalue weighted by atomic mass is 16.6. The lowest BCUT2D eigenvalue weighted by Gasteiger charge is -2.35. The molecule has 0 aromatic heterocycles. The molecule has 0 radical (unpaired) electrons. The van der Waals surface area contributed by atoms with Crippen LogP contribution in [0.25, 0.3) is 0 Å². The van der Waals surface area contributed by atoms with Crippen molar-refractivity contribution in [1.29, 1.82) is 0 Å². The summed E-state index contributed by atoms with van der Waals surface area (Å²) >= 11 is 0. The number of ether oxygens (including phenoxy) is 1. The Kier molecular flexibility index (Phi) is 11.8. The largest absolute Gasteiger partial charge is 0.446 e. The maximum Gasteiger partial charge on any atom is 0.408 e. The molecule has 2 saturated carbocycles. The molecule has 10 heteroatoms. The van der Waals surface area contributed by atoms with Crippen LogP contribution in [0.2, 0.25) is 0 Å². The minimum absolute atomic E-state index is 0.0212. The van der Waals surface area contributed by atoms with Crippen molar-refractivity contribution in [3.63, 3.8) is 0 Å². The number of Topliss-reactive ketones (excluding diaryl/α,β-unsaturated/α-hetero) is 1. The minimum atomic E-state index is -0.972. The van der Waals surface area contributed by atoms with Crippen LogP contribution < -0.4 is 16.0 Å². The monoisotopic (exact) mass is 546 g/mol. The van der Waals surface area contributed by atoms with Crippen molar-refractivity contribution in [1.82, 2.24) is 20.9 Å². The molecule has 1 heterocycles. The highest BCUT2D eigenvalue weighted by Gasteiger charge is 2.42. The second-order valence-electron chi connectivity index (χ2n) is 11.3. The second kappa shape index (κ2) is 15.0. The zero-order valence-electron chi connectivity index (χ0n) is 23.5. The van der Waals surface area contributed by atoms with Crippen molar-refractivity contribution in [2.45, 2.75) is 115 Å². The highest BCUT2D eigenvalue weighted by Crippen LogP contribution is 2.31. The first-order chi connectivity index (χ1) is 18.8. The van der Waals surface area contributed by atoms with Crippen molar-refractivity contribution in [2.75, 3.05) is 13.1 Å². The van der Waals surface area contributed by atoms with Gasteiger partial charge in [-0.15, -0.1) is 6.58 Å². The number of nitrogens with zero attached hydrogens (tertiary/aromatic N) is 1. The van der Waals surface area contributed by atoms with Gasteiger partial charge in [0.2, 0.25) is 17.6 Å². The van der Waals surface area contributed by atoms with E-state index >= 15 is 0 Å². The van der Waals surface area contributed by atoms with Gasteiger partial charge in [0.05, 0.1) is 6.04 Å². The van der Waals surface area contributed by atoms with E-state index in [0.29, 0.717) is 38.1 Å². The molecule has 3 N–H and O–H groups in total. The number of carbonyl (C=O) groups is 5. The third-order valence-electron chi connectivity index (χ3n) is 8.38. The number of rotatable bonds is 12. The Bertz CT molecular complexity index is 902. The molecule has 1 aliphatic heterocycles. The number of ketones is 1. The molecule has 1 saturated heterocycles. The molecule has 3 fully saturated rings. The summed E-state index contributed by atoms with van der Waals surface area (Å²) in [6, 6.07) is -2.50. The van der Waals surface area contributed by atoms with Crippen LogP contribution in [-0.2, 0) is 23.9 Å². The first-order valence-corrected chi connectivity index (χ1v) is 14.8. The molecule has 3 unspecified atom stereocenters. The van der Waals surface area contributed by atoms with Gasteiger partial charge in [0, 0.05) is 13.1 Å². The van der Waals surface area contributed by atoms with Crippen LogP contribution in [0.15, 0.2) is 12.7 Å². The summed E-state index contributed by atoms with van der Waals surface area (Å²) in [6.07, 6.45) is 10.3. The Morgan fingerprint density at radius 2 is 1.72 bits per heavy atom. The molecule has 0 aromatic carbocycles. The average Bonchev–Trinajstić information content (AvgIpc) is 3.59. The molecule has 3 aliphatic rings. The molecule has 2 aliphatic carbocycles. The van der Waals surface area contributed by atoms with E-state index < -0.39 is 41.8 Å². The summed E-state index contributed by atoms with van der Waals surface area (Å²) in [5.74, 6) is -1.94. The zero-order valence-corrected chi connectivity index (χ0v) is 23.5. The summed E-state index contributed by atoms with van der Waals surface area (Å²) in [4.78, 5) is 66.6. The number of alkyl carbamates (subject to hydrolysis) is 1. The van der Waals surface area contributed by atoms with Gasteiger partial charge in [-0.2, -0.15) is 0 Å². The fourth-order valence-electron chi connectivity index (χ4n) is 6.15. The lowest BCUT2D eigenvalue weighted by molar-refractivity contribution is -0.143. The molecular formula is C29H46N4O6. The predicted octanol–water partition coefficient (Wildman–Crippen LogP) is 3.00. The van der Waals surface area contributed by atoms with Crippen LogP contribution in [0.1, 0.15) is 90.9 Å². The maximum atomic E-state index is 13.9. The summed E-state index contributed by atoms with van der Waals surface area (Å²) in [5, 5.41) is 8.08. The van der Waals surface area contributed by atoms with Gasteiger partial charge < -0.3 is 25.6 Å². The molecule has 5 atom stereocenters. The Hall–Kier alpha value is -2.91. The van der Waals surface area contributed by atoms with Gasteiger partial charge in [0.25, 0.3) is 5.91 Å². The number of likely N-dealkylation sites (tertiary alicyclic amines) is 1. The standard InChI is InChI=1S/C29H46N4O6/c1-4-11-21(25(34)27(36)30-17-5-2)31-26(35)22-15-10-18-33(22)28(37)24(20-13-7-6-8-14-20)32-29(38)39-23-16-9-12-19(23)3/h5,19-24H,2,4,6-18H2,1,3H3,(H,30,36)(H,31,35)(H,32,38)/t19-,21?,22-,23?,24?/m0/s1. The third-order valence-corrected chi connectivity index (χ3v) is 8.38. The third kappa shape index (κ3) is 8.29. The maximum absolute atomic E-state index is 13.9. The Balaban J connectivity index is 1.70. The fraction of sp³-hybridized carbons (Fsp3) is 0.759. The highest BCUT2D eigenvalue weighted by molar-refractivity contribution is 6.38. The van der Waals surface area contributed by atoms with E-state index in [1.54, 1.807) is 4.90 Å². The molecule has 39 heavy (non-hydrogen) atoms. The van der Waals surface area contributed by atoms with Crippen LogP contribution in [0.4, 0.5) is 4.79 Å². The molecular weight excluding hydrogens is 500 g/mol. The lowest BCUT2D eigenvalue weighted by atomic mass is 9.83. The van der Waals surface area contributed by atoms with Crippen molar-refractivity contribution >= 4 is 29.6 Å². The van der Waals surface area contributed by atoms with Gasteiger partial charge in [-0.3, -0.25) is 19.2 Å². The van der Waals surface area contributed by atoms with E-state index in [2.05, 4.69) is 29.5 Å². The van der Waals surface area contributed by atoms with Crippen LogP contribution in [0.5, 0.6) is 0 Å². The molecule has 4 amide bonds. The summed E-state index contributed by atoms with van der Waals surface area (Å²) < 4.78 is 5.71. The predicted molar refractivity (Wildman–Crippen MR) is 147 cm³/mol. The fourth-order valence-corrected chi connectivity index (χ4v) is 6.15. The number of hydrogen-bond donors (Lipinski definition) is 3. The van der Waals surface area contributed by atoms with Gasteiger partial charge in [-0.1, -0.05) is 45.6 Å². The molecule has 3 rings (SSSR count). The van der Waals surface area contributed by atoms with Crippen molar-refractivity contribution in [3.8, 4) is 0 Å². The van der Waals surface area contributed by atoms with Crippen LogP contribution in [-0.4, -0.2) is 71.8 Å². The van der Waals surface area contributed by atoms with Gasteiger partial charge in [0.15, 0.2) is 0 Å². The smallest absolute Gasteiger partial charge is 0.408 e. The Morgan fingerprint density at radius 1 is 0.974 bits per heavy atom. The van der Waals surface area contributed by atoms with Crippen LogP contribution in [0, 0.1) is 11.8 Å². The quantitative estimate of drug-likeness (QED) is 0.255. The van der Waals surface area contributed by atoms with Crippen molar-refractivity contribution in [2.24, 2.45) is 11.8 Å². The molecule has 218 valence electrons. The average molecular weight is 547 g/mol. The van der Waals surface area contributed by atoms with Gasteiger partial charge >= 0.3 is 6.09 Å². The SMILES string of the molecule is C=CCNC(=O)C(=O)C(CCC)NC(=O)[C@@H]1CCCN1C(=O)C(NC(=O)OC1CCC[C@@H]1C)C1CCCCC1. The topological polar surface area (TPSA) is 134 Å². The van der Waals surface area contributed by atoms with E-state index in [9.17, 15) is 24.0 Å². The van der Waals surface area contributed by atoms with Gasteiger partial charge in [0.1, 0.15) is 18.2 Å². The molecule has 0 bridgehead atoms. The van der Waals surface area contributed by atoms with Crippen molar-refractivity contribution < 1.29 is 28.7 Å². The van der Waals surface area contributed by atoms with Gasteiger partial charge in [-0.25, -0.2) is 4.79 Å². The Labute approximate surface area is 232 Å². The van der Waals surface area contributed by atoms with E-state index in [4.69, 9.17) is 4.74 Å². The zero-order chi connectivity index (χ0) is 28.4. The lowest BCUT2D eigenvalue weighted by Crippen LogP contribution is -2.58. The normalized spacial score (nSPS) is 24.9. The number of hydrogen-bond acceptors (Lipinski definition) is 6. The number of nitrogens with one attached hydrogen (secondary N) is 3. The summed E-state index contributed by atoms with van der Waals surface area (Å²) in [6.45, 7) is 8.01. The molecule has 10 nitrogen and oxygen atoms in total. The Morgan fingerprint density at radius 3 is 2.36 bits per heavy atom. The molecule has 0 spiro atoms. The number of amides is 4. The number of carbonyl (C=O) groups excluding carboxylic acids is 5. The van der Waals surface area contributed by atoms with E-state index in [1.165, 1.54) is 6.08 Å². The van der Waals surface area contributed by atoms with E-state index in [0.717, 1.165) is 51.4 Å².